The largest absolute Gasteiger partial charge is 0.396 e. The molecule has 30 heavy (non-hydrogen) atoms. The Labute approximate surface area is 185 Å². The Balaban J connectivity index is 1.79. The molecule has 0 heterocycles. The van der Waals surface area contributed by atoms with Crippen LogP contribution in [0.4, 0.5) is 5.69 Å². The van der Waals surface area contributed by atoms with Crippen molar-refractivity contribution in [2.24, 2.45) is 0 Å². The van der Waals surface area contributed by atoms with Crippen LogP contribution < -0.4 is 10.6 Å². The fraction of sp³-hybridized carbons (Fsp3) is 0.130. The Morgan fingerprint density at radius 1 is 0.967 bits per heavy atom. The van der Waals surface area contributed by atoms with Crippen LogP contribution in [0.25, 0.3) is 0 Å². The van der Waals surface area contributed by atoms with Gasteiger partial charge in [-0.25, -0.2) is 0 Å². The highest BCUT2D eigenvalue weighted by molar-refractivity contribution is 6.42. The molecule has 0 spiro atoms. The van der Waals surface area contributed by atoms with Gasteiger partial charge in [-0.2, -0.15) is 0 Å². The number of anilines is 1. The summed E-state index contributed by atoms with van der Waals surface area (Å²) >= 11 is 12.1. The van der Waals surface area contributed by atoms with Crippen molar-refractivity contribution < 1.29 is 9.90 Å². The van der Waals surface area contributed by atoms with E-state index in [2.05, 4.69) is 10.6 Å². The highest BCUT2D eigenvalue weighted by Crippen LogP contribution is 2.27. The smallest absolute Gasteiger partial charge is 0.252 e. The monoisotopic (exact) mass is 441 g/mol. The normalized spacial score (nSPS) is 11.6. The molecule has 0 aliphatic rings. The molecule has 1 unspecified atom stereocenters. The van der Waals surface area contributed by atoms with Gasteiger partial charge in [0, 0.05) is 17.9 Å². The van der Waals surface area contributed by atoms with E-state index in [4.69, 9.17) is 33.7 Å². The number of hydrogen-bond acceptors (Lipinski definition) is 4. The minimum Gasteiger partial charge on any atom is -0.396 e. The van der Waals surface area contributed by atoms with E-state index in [-0.39, 0.29) is 18.3 Å². The van der Waals surface area contributed by atoms with Crippen LogP contribution >= 0.6 is 23.2 Å². The van der Waals surface area contributed by atoms with Gasteiger partial charge < -0.3 is 15.7 Å². The first-order valence-corrected chi connectivity index (χ1v) is 10.1. The van der Waals surface area contributed by atoms with E-state index in [9.17, 15) is 4.79 Å². The predicted molar refractivity (Wildman–Crippen MR) is 121 cm³/mol. The van der Waals surface area contributed by atoms with E-state index in [0.29, 0.717) is 27.7 Å². The molecule has 0 aromatic heterocycles. The molecular weight excluding hydrogens is 421 g/mol. The zero-order chi connectivity index (χ0) is 21.5. The fourth-order valence-corrected chi connectivity index (χ4v) is 3.23. The van der Waals surface area contributed by atoms with Gasteiger partial charge in [0.2, 0.25) is 0 Å². The van der Waals surface area contributed by atoms with Crippen LogP contribution in [-0.2, 0) is 11.2 Å². The van der Waals surface area contributed by atoms with E-state index in [1.807, 2.05) is 42.5 Å². The van der Waals surface area contributed by atoms with Crippen LogP contribution in [0.2, 0.25) is 10.0 Å². The third-order valence-corrected chi connectivity index (χ3v) is 5.26. The number of carbonyl (C=O) groups is 1. The Hall–Kier alpha value is -2.86. The number of hydrogen-bond donors (Lipinski definition) is 4. The maximum atomic E-state index is 13.0. The highest BCUT2D eigenvalue weighted by atomic mass is 35.5. The zero-order valence-corrected chi connectivity index (χ0v) is 17.5. The second-order valence-electron chi connectivity index (χ2n) is 6.65. The van der Waals surface area contributed by atoms with Gasteiger partial charge in [0.1, 0.15) is 11.9 Å². The molecule has 154 valence electrons. The Morgan fingerprint density at radius 2 is 1.67 bits per heavy atom. The molecular formula is C23H21Cl2N3O2. The van der Waals surface area contributed by atoms with Crippen LogP contribution in [0.3, 0.4) is 0 Å². The van der Waals surface area contributed by atoms with Crippen LogP contribution in [-0.4, -0.2) is 23.5 Å². The standard InChI is InChI=1S/C23H21Cl2N3O2/c24-19-11-10-18(14-20(19)25)27-21(16-4-2-1-3-5-16)23(30)28-22(26)17-8-6-15(7-9-17)12-13-29/h1-11,14,21,27,29H,12-13H2,(H2,26,28,30). The molecule has 0 bridgehead atoms. The third kappa shape index (κ3) is 5.60. The molecule has 0 saturated carbocycles. The minimum absolute atomic E-state index is 0.00702. The average Bonchev–Trinajstić information content (AvgIpc) is 2.75. The number of nitrogens with one attached hydrogen (secondary N) is 3. The summed E-state index contributed by atoms with van der Waals surface area (Å²) in [5.41, 5.74) is 2.91. The Bertz CT molecular complexity index is 1020. The summed E-state index contributed by atoms with van der Waals surface area (Å²) in [7, 11) is 0. The molecule has 3 aromatic carbocycles. The van der Waals surface area contributed by atoms with Crippen molar-refractivity contribution in [1.29, 1.82) is 5.41 Å². The molecule has 1 atom stereocenters. The molecule has 1 amide bonds. The van der Waals surface area contributed by atoms with E-state index in [0.717, 1.165) is 11.1 Å². The molecule has 7 heteroatoms. The molecule has 0 fully saturated rings. The lowest BCUT2D eigenvalue weighted by atomic mass is 10.0. The topological polar surface area (TPSA) is 85.2 Å². The molecule has 0 radical (unpaired) electrons. The van der Waals surface area contributed by atoms with Gasteiger partial charge in [-0.15, -0.1) is 0 Å². The summed E-state index contributed by atoms with van der Waals surface area (Å²) < 4.78 is 0. The molecule has 5 nitrogen and oxygen atoms in total. The maximum Gasteiger partial charge on any atom is 0.252 e. The van der Waals surface area contributed by atoms with Gasteiger partial charge in [-0.1, -0.05) is 77.8 Å². The lowest BCUT2D eigenvalue weighted by molar-refractivity contribution is -0.120. The van der Waals surface area contributed by atoms with Crippen LogP contribution in [0.5, 0.6) is 0 Å². The quantitative estimate of drug-likeness (QED) is 0.313. The van der Waals surface area contributed by atoms with E-state index >= 15 is 0 Å². The number of rotatable bonds is 7. The lowest BCUT2D eigenvalue weighted by Gasteiger charge is -2.20. The van der Waals surface area contributed by atoms with Crippen molar-refractivity contribution in [3.8, 4) is 0 Å². The van der Waals surface area contributed by atoms with Gasteiger partial charge in [0.15, 0.2) is 0 Å². The van der Waals surface area contributed by atoms with Crippen LogP contribution in [0.1, 0.15) is 22.7 Å². The number of carbonyl (C=O) groups excluding carboxylic acids is 1. The van der Waals surface area contributed by atoms with Crippen molar-refractivity contribution in [1.82, 2.24) is 5.32 Å². The van der Waals surface area contributed by atoms with Crippen LogP contribution in [0.15, 0.2) is 72.8 Å². The SMILES string of the molecule is N=C(NC(=O)C(Nc1ccc(Cl)c(Cl)c1)c1ccccc1)c1ccc(CCO)cc1. The second kappa shape index (κ2) is 10.3. The number of aliphatic hydroxyl groups excluding tert-OH is 1. The predicted octanol–water partition coefficient (Wildman–Crippen LogP) is 4.82. The first kappa shape index (κ1) is 21.8. The summed E-state index contributed by atoms with van der Waals surface area (Å²) in [4.78, 5) is 13.0. The summed E-state index contributed by atoms with van der Waals surface area (Å²) in [6, 6.07) is 20.7. The van der Waals surface area contributed by atoms with E-state index in [1.54, 1.807) is 30.3 Å². The van der Waals surface area contributed by atoms with E-state index in [1.165, 1.54) is 0 Å². The van der Waals surface area contributed by atoms with Crippen molar-refractivity contribution in [2.75, 3.05) is 11.9 Å². The van der Waals surface area contributed by atoms with Crippen molar-refractivity contribution in [3.05, 3.63) is 99.5 Å². The molecule has 0 saturated heterocycles. The van der Waals surface area contributed by atoms with E-state index < -0.39 is 6.04 Å². The number of halogens is 2. The number of benzene rings is 3. The second-order valence-corrected chi connectivity index (χ2v) is 7.47. The number of aliphatic hydroxyl groups is 1. The summed E-state index contributed by atoms with van der Waals surface area (Å²) in [5.74, 6) is -0.385. The van der Waals surface area contributed by atoms with Gasteiger partial charge in [0.25, 0.3) is 5.91 Å². The van der Waals surface area contributed by atoms with Gasteiger partial charge in [-0.3, -0.25) is 10.2 Å². The molecule has 4 N–H and O–H groups in total. The number of amidine groups is 1. The van der Waals surface area contributed by atoms with Crippen LogP contribution in [0, 0.1) is 5.41 Å². The first-order chi connectivity index (χ1) is 14.5. The maximum absolute atomic E-state index is 13.0. The average molecular weight is 442 g/mol. The minimum atomic E-state index is -0.738. The zero-order valence-electron chi connectivity index (χ0n) is 16.0. The Morgan fingerprint density at radius 3 is 2.30 bits per heavy atom. The van der Waals surface area contributed by atoms with Crippen molar-refractivity contribution in [2.45, 2.75) is 12.5 Å². The van der Waals surface area contributed by atoms with Crippen molar-refractivity contribution >= 4 is 40.6 Å². The highest BCUT2D eigenvalue weighted by Gasteiger charge is 2.22. The Kier molecular flexibility index (Phi) is 7.46. The fourth-order valence-electron chi connectivity index (χ4n) is 2.93. The molecule has 3 aromatic rings. The summed E-state index contributed by atoms with van der Waals surface area (Å²) in [6.07, 6.45) is 0.545. The number of amides is 1. The van der Waals surface area contributed by atoms with Crippen molar-refractivity contribution in [3.63, 3.8) is 0 Å². The van der Waals surface area contributed by atoms with Gasteiger partial charge >= 0.3 is 0 Å². The van der Waals surface area contributed by atoms with Gasteiger partial charge in [-0.05, 0) is 35.7 Å². The third-order valence-electron chi connectivity index (χ3n) is 4.52. The summed E-state index contributed by atoms with van der Waals surface area (Å²) in [6.45, 7) is 0.0622. The summed E-state index contributed by atoms with van der Waals surface area (Å²) in [5, 5.41) is 23.9. The molecule has 0 aliphatic carbocycles. The lowest BCUT2D eigenvalue weighted by Crippen LogP contribution is -2.37. The molecule has 0 aliphatic heterocycles. The molecule has 3 rings (SSSR count). The first-order valence-electron chi connectivity index (χ1n) is 9.34. The van der Waals surface area contributed by atoms with Gasteiger partial charge in [0.05, 0.1) is 10.0 Å².